The van der Waals surface area contributed by atoms with Crippen LogP contribution in [-0.2, 0) is 4.74 Å². The molecular formula is C10H8IN3O2. The predicted octanol–water partition coefficient (Wildman–Crippen LogP) is 1.66. The summed E-state index contributed by atoms with van der Waals surface area (Å²) in [7, 11) is 1.34. The number of halogens is 1. The van der Waals surface area contributed by atoms with Gasteiger partial charge in [0.05, 0.1) is 16.9 Å². The van der Waals surface area contributed by atoms with E-state index in [0.717, 1.165) is 3.57 Å². The molecule has 0 N–H and O–H groups in total. The first-order valence-corrected chi connectivity index (χ1v) is 5.54. The largest absolute Gasteiger partial charge is 0.465 e. The number of esters is 1. The molecule has 16 heavy (non-hydrogen) atoms. The van der Waals surface area contributed by atoms with Gasteiger partial charge in [-0.1, -0.05) is 0 Å². The molecule has 0 aromatic carbocycles. The fraction of sp³-hybridized carbons (Fsp3) is 0.100. The van der Waals surface area contributed by atoms with Gasteiger partial charge in [-0.05, 0) is 34.7 Å². The highest BCUT2D eigenvalue weighted by Crippen LogP contribution is 2.13. The molecule has 0 spiro atoms. The molecule has 2 aromatic heterocycles. The number of ether oxygens (including phenoxy) is 1. The summed E-state index contributed by atoms with van der Waals surface area (Å²) in [5.74, 6) is 0.0471. The predicted molar refractivity (Wildman–Crippen MR) is 65.4 cm³/mol. The van der Waals surface area contributed by atoms with Crippen molar-refractivity contribution in [2.45, 2.75) is 0 Å². The van der Waals surface area contributed by atoms with Crippen molar-refractivity contribution in [3.63, 3.8) is 0 Å². The Labute approximate surface area is 106 Å². The summed E-state index contributed by atoms with van der Waals surface area (Å²) in [5.41, 5.74) is 0.393. The van der Waals surface area contributed by atoms with Crippen molar-refractivity contribution in [3.05, 3.63) is 39.9 Å². The number of aromatic nitrogens is 3. The highest BCUT2D eigenvalue weighted by atomic mass is 127. The summed E-state index contributed by atoms with van der Waals surface area (Å²) in [4.78, 5) is 15.6. The number of carbonyl (C=O) groups excluding carboxylic acids is 1. The van der Waals surface area contributed by atoms with E-state index in [4.69, 9.17) is 0 Å². The van der Waals surface area contributed by atoms with Gasteiger partial charge in [0.2, 0.25) is 0 Å². The van der Waals surface area contributed by atoms with E-state index >= 15 is 0 Å². The molecule has 0 unspecified atom stereocenters. The third kappa shape index (κ3) is 2.06. The summed E-state index contributed by atoms with van der Waals surface area (Å²) >= 11 is 2.14. The first kappa shape index (κ1) is 11.1. The lowest BCUT2D eigenvalue weighted by atomic mass is 10.2. The highest BCUT2D eigenvalue weighted by molar-refractivity contribution is 14.1. The quantitative estimate of drug-likeness (QED) is 0.621. The van der Waals surface area contributed by atoms with Crippen LogP contribution in [0.5, 0.6) is 0 Å². The van der Waals surface area contributed by atoms with Gasteiger partial charge < -0.3 is 4.74 Å². The van der Waals surface area contributed by atoms with Gasteiger partial charge in [-0.2, -0.15) is 5.10 Å². The molecule has 0 aliphatic carbocycles. The van der Waals surface area contributed by atoms with Gasteiger partial charge in [0.1, 0.15) is 5.56 Å². The zero-order chi connectivity index (χ0) is 11.5. The number of hydrogen-bond donors (Lipinski definition) is 0. The molecule has 2 aromatic rings. The van der Waals surface area contributed by atoms with Gasteiger partial charge in [-0.15, -0.1) is 0 Å². The van der Waals surface area contributed by atoms with Crippen LogP contribution in [0.4, 0.5) is 0 Å². The maximum absolute atomic E-state index is 11.5. The number of hydrogen-bond acceptors (Lipinski definition) is 4. The second-order valence-electron chi connectivity index (χ2n) is 2.97. The molecule has 0 radical (unpaired) electrons. The van der Waals surface area contributed by atoms with Crippen LogP contribution in [-0.4, -0.2) is 27.8 Å². The van der Waals surface area contributed by atoms with Crippen LogP contribution in [0.3, 0.4) is 0 Å². The third-order valence-corrected chi connectivity index (χ3v) is 2.52. The first-order valence-electron chi connectivity index (χ1n) is 4.46. The Bertz CT molecular complexity index is 524. The average Bonchev–Trinajstić information content (AvgIpc) is 2.75. The lowest BCUT2D eigenvalue weighted by Gasteiger charge is -2.05. The zero-order valence-corrected chi connectivity index (χ0v) is 10.6. The molecular weight excluding hydrogens is 321 g/mol. The van der Waals surface area contributed by atoms with E-state index in [1.807, 2.05) is 0 Å². The van der Waals surface area contributed by atoms with Crippen LogP contribution in [0.2, 0.25) is 0 Å². The zero-order valence-electron chi connectivity index (χ0n) is 8.42. The van der Waals surface area contributed by atoms with Crippen molar-refractivity contribution in [1.29, 1.82) is 0 Å². The first-order chi connectivity index (χ1) is 7.72. The Kier molecular flexibility index (Phi) is 3.18. The summed E-state index contributed by atoms with van der Waals surface area (Å²) in [5, 5.41) is 4.10. The number of methoxy groups -OCH3 is 1. The van der Waals surface area contributed by atoms with E-state index < -0.39 is 5.97 Å². The molecule has 2 rings (SSSR count). The van der Waals surface area contributed by atoms with Crippen LogP contribution in [0.1, 0.15) is 10.4 Å². The molecule has 0 atom stereocenters. The molecule has 0 fully saturated rings. The molecule has 0 amide bonds. The summed E-state index contributed by atoms with van der Waals surface area (Å²) in [6, 6.07) is 3.34. The Hall–Kier alpha value is -1.44. The van der Waals surface area contributed by atoms with E-state index in [-0.39, 0.29) is 0 Å². The topological polar surface area (TPSA) is 57.0 Å². The van der Waals surface area contributed by atoms with Gasteiger partial charge in [0.15, 0.2) is 5.82 Å². The Balaban J connectivity index is 2.52. The van der Waals surface area contributed by atoms with Crippen LogP contribution in [0.25, 0.3) is 5.82 Å². The van der Waals surface area contributed by atoms with Crippen LogP contribution < -0.4 is 0 Å². The number of nitrogens with zero attached hydrogens (tertiary/aromatic N) is 3. The van der Waals surface area contributed by atoms with Gasteiger partial charge in [0, 0.05) is 12.4 Å². The average molecular weight is 329 g/mol. The summed E-state index contributed by atoms with van der Waals surface area (Å²) < 4.78 is 7.20. The standard InChI is InChI=1S/C10H8IN3O2/c1-16-10(15)8-3-2-4-12-9(8)14-6-7(11)5-13-14/h2-6H,1H3. The monoisotopic (exact) mass is 329 g/mol. The number of carbonyl (C=O) groups is 1. The second kappa shape index (κ2) is 4.60. The number of rotatable bonds is 2. The lowest BCUT2D eigenvalue weighted by molar-refractivity contribution is 0.0600. The maximum Gasteiger partial charge on any atom is 0.341 e. The molecule has 2 heterocycles. The molecule has 0 aliphatic heterocycles. The van der Waals surface area contributed by atoms with Gasteiger partial charge >= 0.3 is 5.97 Å². The smallest absolute Gasteiger partial charge is 0.341 e. The molecule has 0 aliphatic rings. The van der Waals surface area contributed by atoms with Crippen molar-refractivity contribution in [2.24, 2.45) is 0 Å². The molecule has 0 saturated heterocycles. The minimum atomic E-state index is -0.423. The van der Waals surface area contributed by atoms with Crippen molar-refractivity contribution < 1.29 is 9.53 Å². The molecule has 5 nitrogen and oxygen atoms in total. The van der Waals surface area contributed by atoms with Crippen LogP contribution in [0.15, 0.2) is 30.7 Å². The minimum Gasteiger partial charge on any atom is -0.465 e. The van der Waals surface area contributed by atoms with E-state index in [1.165, 1.54) is 7.11 Å². The van der Waals surface area contributed by atoms with Crippen molar-refractivity contribution in [3.8, 4) is 5.82 Å². The Morgan fingerprint density at radius 1 is 1.56 bits per heavy atom. The Morgan fingerprint density at radius 3 is 3.00 bits per heavy atom. The van der Waals surface area contributed by atoms with Crippen molar-refractivity contribution >= 4 is 28.6 Å². The highest BCUT2D eigenvalue weighted by Gasteiger charge is 2.14. The Morgan fingerprint density at radius 2 is 2.38 bits per heavy atom. The fourth-order valence-electron chi connectivity index (χ4n) is 1.27. The minimum absolute atomic E-state index is 0.393. The SMILES string of the molecule is COC(=O)c1cccnc1-n1cc(I)cn1. The molecule has 6 heteroatoms. The van der Waals surface area contributed by atoms with Crippen LogP contribution in [0, 0.1) is 3.57 Å². The van der Waals surface area contributed by atoms with E-state index in [9.17, 15) is 4.79 Å². The molecule has 0 bridgehead atoms. The van der Waals surface area contributed by atoms with Gasteiger partial charge in [0.25, 0.3) is 0 Å². The van der Waals surface area contributed by atoms with Crippen molar-refractivity contribution in [2.75, 3.05) is 7.11 Å². The van der Waals surface area contributed by atoms with Gasteiger partial charge in [-0.3, -0.25) is 0 Å². The van der Waals surface area contributed by atoms with E-state index in [2.05, 4.69) is 37.4 Å². The molecule has 0 saturated carbocycles. The van der Waals surface area contributed by atoms with E-state index in [0.29, 0.717) is 11.4 Å². The van der Waals surface area contributed by atoms with Gasteiger partial charge in [-0.25, -0.2) is 14.5 Å². The normalized spacial score (nSPS) is 10.1. The maximum atomic E-state index is 11.5. The number of pyridine rings is 1. The summed E-state index contributed by atoms with van der Waals surface area (Å²) in [6.07, 6.45) is 5.09. The third-order valence-electron chi connectivity index (χ3n) is 1.96. The molecule has 82 valence electrons. The van der Waals surface area contributed by atoms with E-state index in [1.54, 1.807) is 35.4 Å². The second-order valence-corrected chi connectivity index (χ2v) is 4.21. The lowest BCUT2D eigenvalue weighted by Crippen LogP contribution is -2.09. The summed E-state index contributed by atoms with van der Waals surface area (Å²) in [6.45, 7) is 0. The van der Waals surface area contributed by atoms with Crippen LogP contribution >= 0.6 is 22.6 Å². The van der Waals surface area contributed by atoms with Crippen molar-refractivity contribution in [1.82, 2.24) is 14.8 Å². The fourth-order valence-corrected chi connectivity index (χ4v) is 1.65.